The van der Waals surface area contributed by atoms with Crippen LogP contribution < -0.4 is 11.1 Å². The minimum absolute atomic E-state index is 0.0515. The first-order valence-corrected chi connectivity index (χ1v) is 7.44. The first-order valence-electron chi connectivity index (χ1n) is 7.44. The second-order valence-electron chi connectivity index (χ2n) is 5.65. The van der Waals surface area contributed by atoms with E-state index in [2.05, 4.69) is 10.3 Å². The van der Waals surface area contributed by atoms with Crippen LogP contribution in [0.3, 0.4) is 0 Å². The van der Waals surface area contributed by atoms with Crippen LogP contribution in [0.2, 0.25) is 0 Å². The number of carbonyl (C=O) groups excluding carboxylic acids is 2. The van der Waals surface area contributed by atoms with Crippen molar-refractivity contribution in [3.05, 3.63) is 24.0 Å². The number of pyridine rings is 1. The lowest BCUT2D eigenvalue weighted by atomic mass is 9.92. The molecule has 1 aromatic heterocycles. The molecule has 1 aromatic rings. The molecule has 0 aliphatic carbocycles. The molecule has 0 bridgehead atoms. The Morgan fingerprint density at radius 2 is 2.36 bits per heavy atom. The van der Waals surface area contributed by atoms with E-state index in [1.54, 1.807) is 4.90 Å². The third-order valence-electron chi connectivity index (χ3n) is 3.96. The fraction of sp³-hybridized carbons (Fsp3) is 0.533. The van der Waals surface area contributed by atoms with Crippen LogP contribution in [-0.2, 0) is 4.79 Å². The normalized spacial score (nSPS) is 19.5. The Balaban J connectivity index is 1.87. The van der Waals surface area contributed by atoms with Crippen LogP contribution in [-0.4, -0.2) is 52.5 Å². The number of nitrogens with two attached hydrogens (primary N) is 1. The van der Waals surface area contributed by atoms with Crippen LogP contribution >= 0.6 is 0 Å². The predicted octanol–water partition coefficient (Wildman–Crippen LogP) is 0.103. The number of amides is 2. The summed E-state index contributed by atoms with van der Waals surface area (Å²) in [6.45, 7) is 3.15. The predicted molar refractivity (Wildman–Crippen MR) is 81.2 cm³/mol. The van der Waals surface area contributed by atoms with Crippen molar-refractivity contribution in [2.24, 2.45) is 11.7 Å². The smallest absolute Gasteiger partial charge is 0.274 e. The van der Waals surface area contributed by atoms with Gasteiger partial charge in [-0.2, -0.15) is 0 Å². The summed E-state index contributed by atoms with van der Waals surface area (Å²) in [6, 6.07) is 2.96. The number of likely N-dealkylation sites (tertiary alicyclic amines) is 1. The largest absolute Gasteiger partial charge is 0.505 e. The fourth-order valence-corrected chi connectivity index (χ4v) is 2.59. The highest BCUT2D eigenvalue weighted by molar-refractivity contribution is 5.96. The molecule has 7 heteroatoms. The van der Waals surface area contributed by atoms with Crippen molar-refractivity contribution in [1.82, 2.24) is 15.2 Å². The molecule has 4 N–H and O–H groups in total. The highest BCUT2D eigenvalue weighted by Gasteiger charge is 2.26. The van der Waals surface area contributed by atoms with Gasteiger partial charge in [0.15, 0.2) is 5.69 Å². The van der Waals surface area contributed by atoms with E-state index in [1.807, 2.05) is 6.92 Å². The molecule has 2 unspecified atom stereocenters. The highest BCUT2D eigenvalue weighted by Crippen LogP contribution is 2.18. The van der Waals surface area contributed by atoms with Crippen molar-refractivity contribution < 1.29 is 14.7 Å². The summed E-state index contributed by atoms with van der Waals surface area (Å²) in [6.07, 6.45) is 3.36. The lowest BCUT2D eigenvalue weighted by Crippen LogP contribution is -2.48. The summed E-state index contributed by atoms with van der Waals surface area (Å²) in [5, 5.41) is 12.1. The molecule has 2 heterocycles. The van der Waals surface area contributed by atoms with Crippen molar-refractivity contribution in [2.75, 3.05) is 19.6 Å². The molecule has 120 valence electrons. The van der Waals surface area contributed by atoms with E-state index < -0.39 is 5.91 Å². The maximum Gasteiger partial charge on any atom is 0.274 e. The fourth-order valence-electron chi connectivity index (χ4n) is 2.59. The van der Waals surface area contributed by atoms with Gasteiger partial charge >= 0.3 is 0 Å². The maximum atomic E-state index is 12.2. The zero-order chi connectivity index (χ0) is 16.1. The van der Waals surface area contributed by atoms with Crippen molar-refractivity contribution >= 4 is 11.8 Å². The van der Waals surface area contributed by atoms with Crippen LogP contribution in [0.15, 0.2) is 18.3 Å². The molecule has 1 fully saturated rings. The van der Waals surface area contributed by atoms with Crippen LogP contribution in [0, 0.1) is 5.92 Å². The molecular formula is C15H22N4O3. The maximum absolute atomic E-state index is 12.2. The molecule has 0 saturated carbocycles. The summed E-state index contributed by atoms with van der Waals surface area (Å²) in [5.74, 6) is -0.614. The monoisotopic (exact) mass is 306 g/mol. The Bertz CT molecular complexity index is 547. The molecule has 0 spiro atoms. The van der Waals surface area contributed by atoms with Gasteiger partial charge in [0.1, 0.15) is 5.75 Å². The minimum Gasteiger partial charge on any atom is -0.505 e. The van der Waals surface area contributed by atoms with Gasteiger partial charge in [-0.25, -0.2) is 4.98 Å². The number of aromatic nitrogens is 1. The van der Waals surface area contributed by atoms with Gasteiger partial charge in [0.05, 0.1) is 6.54 Å². The molecule has 22 heavy (non-hydrogen) atoms. The molecule has 2 rings (SSSR count). The summed E-state index contributed by atoms with van der Waals surface area (Å²) in [7, 11) is 0. The molecule has 1 aliphatic heterocycles. The zero-order valence-electron chi connectivity index (χ0n) is 12.7. The van der Waals surface area contributed by atoms with Crippen LogP contribution in [0.5, 0.6) is 5.75 Å². The van der Waals surface area contributed by atoms with Crippen molar-refractivity contribution in [2.45, 2.75) is 25.8 Å². The van der Waals surface area contributed by atoms with Gasteiger partial charge in [-0.15, -0.1) is 0 Å². The van der Waals surface area contributed by atoms with Gasteiger partial charge in [-0.1, -0.05) is 0 Å². The number of piperidine rings is 1. The molecule has 0 radical (unpaired) electrons. The molecular weight excluding hydrogens is 284 g/mol. The number of rotatable bonds is 4. The van der Waals surface area contributed by atoms with Gasteiger partial charge in [0, 0.05) is 25.3 Å². The van der Waals surface area contributed by atoms with E-state index in [0.29, 0.717) is 19.0 Å². The van der Waals surface area contributed by atoms with Gasteiger partial charge in [-0.3, -0.25) is 9.59 Å². The van der Waals surface area contributed by atoms with Crippen LogP contribution in [0.1, 0.15) is 30.3 Å². The molecule has 2 amide bonds. The van der Waals surface area contributed by atoms with E-state index in [9.17, 15) is 14.7 Å². The summed E-state index contributed by atoms with van der Waals surface area (Å²) in [5.41, 5.74) is 5.82. The van der Waals surface area contributed by atoms with Gasteiger partial charge in [0.2, 0.25) is 5.91 Å². The number of nitrogens with one attached hydrogen (secondary N) is 1. The molecule has 1 saturated heterocycles. The first-order chi connectivity index (χ1) is 10.5. The quantitative estimate of drug-likeness (QED) is 0.731. The van der Waals surface area contributed by atoms with Gasteiger partial charge in [0.25, 0.3) is 5.91 Å². The van der Waals surface area contributed by atoms with Crippen molar-refractivity contribution in [3.63, 3.8) is 0 Å². The molecule has 1 aliphatic rings. The Kier molecular flexibility index (Phi) is 5.32. The molecule has 7 nitrogen and oxygen atoms in total. The Morgan fingerprint density at radius 1 is 1.59 bits per heavy atom. The molecule has 2 atom stereocenters. The molecule has 0 aromatic carbocycles. The van der Waals surface area contributed by atoms with Gasteiger partial charge < -0.3 is 21.1 Å². The lowest BCUT2D eigenvalue weighted by molar-refractivity contribution is -0.132. The third-order valence-corrected chi connectivity index (χ3v) is 3.96. The average Bonchev–Trinajstić information content (AvgIpc) is 2.52. The first kappa shape index (κ1) is 16.2. The highest BCUT2D eigenvalue weighted by atomic mass is 16.3. The average molecular weight is 306 g/mol. The Hall–Kier alpha value is -2.15. The van der Waals surface area contributed by atoms with E-state index in [0.717, 1.165) is 12.8 Å². The minimum atomic E-state index is -0.563. The van der Waals surface area contributed by atoms with Crippen molar-refractivity contribution in [3.8, 4) is 5.75 Å². The second kappa shape index (κ2) is 7.22. The standard InChI is InChI=1S/C15H22N4O3/c1-10(16)11-4-3-7-19(9-11)13(21)8-18-15(22)14-12(20)5-2-6-17-14/h2,5-6,10-11,20H,3-4,7-9,16H2,1H3,(H,18,22). The SMILES string of the molecule is CC(N)C1CCCN(C(=O)CNC(=O)c2ncccc2O)C1. The van der Waals surface area contributed by atoms with Crippen LogP contribution in [0.25, 0.3) is 0 Å². The summed E-state index contributed by atoms with van der Waals surface area (Å²) >= 11 is 0. The Labute approximate surface area is 129 Å². The van der Waals surface area contributed by atoms with Crippen molar-refractivity contribution in [1.29, 1.82) is 0 Å². The number of aromatic hydroxyl groups is 1. The second-order valence-corrected chi connectivity index (χ2v) is 5.65. The topological polar surface area (TPSA) is 109 Å². The van der Waals surface area contributed by atoms with E-state index in [-0.39, 0.29) is 29.9 Å². The number of hydrogen-bond acceptors (Lipinski definition) is 5. The lowest BCUT2D eigenvalue weighted by Gasteiger charge is -2.34. The summed E-state index contributed by atoms with van der Waals surface area (Å²) in [4.78, 5) is 29.6. The van der Waals surface area contributed by atoms with E-state index >= 15 is 0 Å². The van der Waals surface area contributed by atoms with E-state index in [4.69, 9.17) is 5.73 Å². The van der Waals surface area contributed by atoms with Crippen LogP contribution in [0.4, 0.5) is 0 Å². The Morgan fingerprint density at radius 3 is 3.05 bits per heavy atom. The number of carbonyl (C=O) groups is 2. The van der Waals surface area contributed by atoms with E-state index in [1.165, 1.54) is 18.3 Å². The summed E-state index contributed by atoms with van der Waals surface area (Å²) < 4.78 is 0. The zero-order valence-corrected chi connectivity index (χ0v) is 12.7. The number of nitrogens with zero attached hydrogens (tertiary/aromatic N) is 2. The number of hydrogen-bond donors (Lipinski definition) is 3. The third kappa shape index (κ3) is 3.94. The van der Waals surface area contributed by atoms with Gasteiger partial charge in [-0.05, 0) is 37.8 Å².